The quantitative estimate of drug-likeness (QED) is 0.723. The summed E-state index contributed by atoms with van der Waals surface area (Å²) >= 11 is 0. The molecule has 0 saturated carbocycles. The topological polar surface area (TPSA) is 12.0 Å². The second kappa shape index (κ2) is 7.28. The van der Waals surface area contributed by atoms with Crippen LogP contribution in [0.1, 0.15) is 13.8 Å². The Bertz CT molecular complexity index is 226. The van der Waals surface area contributed by atoms with Crippen molar-refractivity contribution in [1.82, 2.24) is 5.32 Å². The third-order valence-corrected chi connectivity index (χ3v) is 2.19. The maximum absolute atomic E-state index is 11.7. The fourth-order valence-electron chi connectivity index (χ4n) is 1.32. The van der Waals surface area contributed by atoms with Gasteiger partial charge in [-0.1, -0.05) is 43.8 Å². The first-order valence-electron chi connectivity index (χ1n) is 4.88. The van der Waals surface area contributed by atoms with Crippen molar-refractivity contribution in [3.05, 3.63) is 36.4 Å². The van der Waals surface area contributed by atoms with Gasteiger partial charge in [0.15, 0.2) is 0 Å². The lowest BCUT2D eigenvalue weighted by Gasteiger charge is -2.11. The molecule has 0 bridgehead atoms. The van der Waals surface area contributed by atoms with Gasteiger partial charge in [0, 0.05) is 6.54 Å². The predicted octanol–water partition coefficient (Wildman–Crippen LogP) is 3.48. The normalized spacial score (nSPS) is 19.3. The molecule has 1 heterocycles. The Balaban J connectivity index is 0.000000283. The van der Waals surface area contributed by atoms with E-state index >= 15 is 0 Å². The molecule has 1 aromatic rings. The molecule has 0 aliphatic carbocycles. The van der Waals surface area contributed by atoms with Gasteiger partial charge in [-0.15, -0.1) is 0 Å². The number of nitrogens with one attached hydrogen (secondary N) is 1. The second-order valence-corrected chi connectivity index (χ2v) is 3.39. The van der Waals surface area contributed by atoms with Crippen molar-refractivity contribution >= 4 is 0 Å². The van der Waals surface area contributed by atoms with E-state index in [1.165, 1.54) is 0 Å². The highest BCUT2D eigenvalue weighted by Gasteiger charge is 2.40. The largest absolute Gasteiger partial charge is 0.393 e. The van der Waals surface area contributed by atoms with Crippen molar-refractivity contribution in [3.63, 3.8) is 0 Å². The second-order valence-electron chi connectivity index (χ2n) is 3.39. The van der Waals surface area contributed by atoms with Crippen molar-refractivity contribution in [2.75, 3.05) is 13.1 Å². The standard InChI is InChI=1S/C6H6.C5H8F3N.CH4/c1-2-4-6-5-3-1;6-5(7,8)4-1-2-9-3-4;/h1-6H;4,9H,1-3H2;1H4. The molecule has 1 aromatic carbocycles. The number of hydrogen-bond acceptors (Lipinski definition) is 1. The Kier molecular flexibility index (Phi) is 6.81. The highest BCUT2D eigenvalue weighted by molar-refractivity contribution is 4.99. The molecule has 1 unspecified atom stereocenters. The van der Waals surface area contributed by atoms with Crippen LogP contribution in [0.4, 0.5) is 13.2 Å². The van der Waals surface area contributed by atoms with Gasteiger partial charge in [-0.05, 0) is 13.0 Å². The Morgan fingerprint density at radius 3 is 1.56 bits per heavy atom. The van der Waals surface area contributed by atoms with Gasteiger partial charge in [-0.25, -0.2) is 0 Å². The van der Waals surface area contributed by atoms with Crippen LogP contribution < -0.4 is 5.32 Å². The average molecular weight is 233 g/mol. The summed E-state index contributed by atoms with van der Waals surface area (Å²) in [6, 6.07) is 12.0. The van der Waals surface area contributed by atoms with E-state index < -0.39 is 12.1 Å². The van der Waals surface area contributed by atoms with Crippen LogP contribution in [-0.2, 0) is 0 Å². The summed E-state index contributed by atoms with van der Waals surface area (Å²) in [6.07, 6.45) is -3.74. The molecule has 2 rings (SSSR count). The summed E-state index contributed by atoms with van der Waals surface area (Å²) in [4.78, 5) is 0. The lowest BCUT2D eigenvalue weighted by Crippen LogP contribution is -2.24. The van der Waals surface area contributed by atoms with E-state index in [0.717, 1.165) is 0 Å². The molecular weight excluding hydrogens is 215 g/mol. The van der Waals surface area contributed by atoms with Crippen molar-refractivity contribution in [2.45, 2.75) is 20.0 Å². The molecule has 1 aliphatic rings. The van der Waals surface area contributed by atoms with Gasteiger partial charge in [0.05, 0.1) is 5.92 Å². The number of benzene rings is 1. The summed E-state index contributed by atoms with van der Waals surface area (Å²) in [5.41, 5.74) is 0. The minimum atomic E-state index is -3.98. The lowest BCUT2D eigenvalue weighted by atomic mass is 10.1. The minimum Gasteiger partial charge on any atom is -0.316 e. The van der Waals surface area contributed by atoms with Crippen LogP contribution in [0.25, 0.3) is 0 Å². The van der Waals surface area contributed by atoms with E-state index in [-0.39, 0.29) is 20.4 Å². The molecule has 1 fully saturated rings. The van der Waals surface area contributed by atoms with Crippen LogP contribution in [0, 0.1) is 5.92 Å². The van der Waals surface area contributed by atoms with Crippen molar-refractivity contribution in [3.8, 4) is 0 Å². The van der Waals surface area contributed by atoms with E-state index in [0.29, 0.717) is 6.54 Å². The first kappa shape index (κ1) is 15.0. The molecule has 1 N–H and O–H groups in total. The van der Waals surface area contributed by atoms with Crippen LogP contribution in [0.5, 0.6) is 0 Å². The van der Waals surface area contributed by atoms with Gasteiger partial charge in [-0.2, -0.15) is 13.2 Å². The third kappa shape index (κ3) is 5.75. The molecule has 0 radical (unpaired) electrons. The fraction of sp³-hybridized carbons (Fsp3) is 0.500. The molecule has 0 amide bonds. The molecule has 1 atom stereocenters. The Labute approximate surface area is 94.7 Å². The van der Waals surface area contributed by atoms with Crippen LogP contribution in [0.2, 0.25) is 0 Å². The van der Waals surface area contributed by atoms with Crippen LogP contribution in [-0.4, -0.2) is 19.3 Å². The average Bonchev–Trinajstić information content (AvgIpc) is 2.73. The zero-order chi connectivity index (χ0) is 11.1. The summed E-state index contributed by atoms with van der Waals surface area (Å²) < 4.78 is 35.2. The fourth-order valence-corrected chi connectivity index (χ4v) is 1.32. The van der Waals surface area contributed by atoms with Crippen LogP contribution in [0.3, 0.4) is 0 Å². The van der Waals surface area contributed by atoms with Gasteiger partial charge in [0.25, 0.3) is 0 Å². The molecule has 92 valence electrons. The lowest BCUT2D eigenvalue weighted by molar-refractivity contribution is -0.168. The highest BCUT2D eigenvalue weighted by Crippen LogP contribution is 2.29. The molecule has 4 heteroatoms. The molecule has 0 spiro atoms. The van der Waals surface area contributed by atoms with Crippen molar-refractivity contribution < 1.29 is 13.2 Å². The van der Waals surface area contributed by atoms with Gasteiger partial charge >= 0.3 is 6.18 Å². The molecule has 1 saturated heterocycles. The summed E-state index contributed by atoms with van der Waals surface area (Å²) in [7, 11) is 0. The summed E-state index contributed by atoms with van der Waals surface area (Å²) in [5, 5.41) is 2.66. The monoisotopic (exact) mass is 233 g/mol. The van der Waals surface area contributed by atoms with Crippen molar-refractivity contribution in [2.24, 2.45) is 5.92 Å². The maximum atomic E-state index is 11.7. The SMILES string of the molecule is C.FC(F)(F)C1CCNC1.c1ccccc1. The zero-order valence-electron chi connectivity index (χ0n) is 8.30. The highest BCUT2D eigenvalue weighted by atomic mass is 19.4. The Hall–Kier alpha value is -1.03. The first-order valence-corrected chi connectivity index (χ1v) is 4.88. The first-order chi connectivity index (χ1) is 7.11. The van der Waals surface area contributed by atoms with E-state index in [9.17, 15) is 13.2 Å². The Morgan fingerprint density at radius 2 is 1.38 bits per heavy atom. The van der Waals surface area contributed by atoms with E-state index in [2.05, 4.69) is 5.32 Å². The third-order valence-electron chi connectivity index (χ3n) is 2.19. The van der Waals surface area contributed by atoms with E-state index in [1.807, 2.05) is 36.4 Å². The molecule has 0 aromatic heterocycles. The summed E-state index contributed by atoms with van der Waals surface area (Å²) in [5.74, 6) is -1.10. The smallest absolute Gasteiger partial charge is 0.316 e. The van der Waals surface area contributed by atoms with Crippen LogP contribution >= 0.6 is 0 Å². The van der Waals surface area contributed by atoms with Gasteiger partial charge in [-0.3, -0.25) is 0 Å². The number of halogens is 3. The molecule has 1 aliphatic heterocycles. The van der Waals surface area contributed by atoms with Gasteiger partial charge in [0.2, 0.25) is 0 Å². The number of rotatable bonds is 0. The molecule has 16 heavy (non-hydrogen) atoms. The minimum absolute atomic E-state index is 0. The predicted molar refractivity (Wildman–Crippen MR) is 60.2 cm³/mol. The van der Waals surface area contributed by atoms with Crippen LogP contribution in [0.15, 0.2) is 36.4 Å². The van der Waals surface area contributed by atoms with Crippen molar-refractivity contribution in [1.29, 1.82) is 0 Å². The Morgan fingerprint density at radius 1 is 0.938 bits per heavy atom. The van der Waals surface area contributed by atoms with Gasteiger partial charge < -0.3 is 5.32 Å². The molecule has 1 nitrogen and oxygen atoms in total. The van der Waals surface area contributed by atoms with Gasteiger partial charge in [0.1, 0.15) is 0 Å². The van der Waals surface area contributed by atoms with E-state index in [4.69, 9.17) is 0 Å². The number of hydrogen-bond donors (Lipinski definition) is 1. The maximum Gasteiger partial charge on any atom is 0.393 e. The zero-order valence-corrected chi connectivity index (χ0v) is 8.30. The van der Waals surface area contributed by atoms with E-state index in [1.54, 1.807) is 0 Å². The number of alkyl halides is 3. The summed E-state index contributed by atoms with van der Waals surface area (Å²) in [6.45, 7) is 0.605. The molecular formula is C12H18F3N.